The van der Waals surface area contributed by atoms with Gasteiger partial charge in [0.1, 0.15) is 0 Å². The van der Waals surface area contributed by atoms with Crippen LogP contribution in [0.2, 0.25) is 18.1 Å². The van der Waals surface area contributed by atoms with Gasteiger partial charge in [-0.25, -0.2) is 4.79 Å². The molecule has 2 aromatic rings. The van der Waals surface area contributed by atoms with Crippen molar-refractivity contribution in [2.45, 2.75) is 51.9 Å². The predicted molar refractivity (Wildman–Crippen MR) is 104 cm³/mol. The van der Waals surface area contributed by atoms with Crippen LogP contribution in [0.15, 0.2) is 33.7 Å². The summed E-state index contributed by atoms with van der Waals surface area (Å²) in [7, 11) is -0.150. The summed E-state index contributed by atoms with van der Waals surface area (Å²) in [5.74, 6) is -0.324. The third kappa shape index (κ3) is 4.64. The van der Waals surface area contributed by atoms with Gasteiger partial charge in [0.25, 0.3) is 0 Å². The van der Waals surface area contributed by atoms with Gasteiger partial charge in [-0.05, 0) is 48.3 Å². The van der Waals surface area contributed by atoms with E-state index in [-0.39, 0.29) is 10.8 Å². The number of hydrogen-bond acceptors (Lipinski definition) is 4. The summed E-state index contributed by atoms with van der Waals surface area (Å²) >= 11 is 0. The summed E-state index contributed by atoms with van der Waals surface area (Å²) in [6.07, 6.45) is 4.20. The van der Waals surface area contributed by atoms with Crippen molar-refractivity contribution in [3.63, 3.8) is 0 Å². The lowest BCUT2D eigenvalue weighted by Crippen LogP contribution is -2.41. The molecule has 0 saturated heterocycles. The average molecular weight is 364 g/mol. The van der Waals surface area contributed by atoms with E-state index in [0.717, 1.165) is 17.5 Å². The summed E-state index contributed by atoms with van der Waals surface area (Å²) in [5, 5.41) is 0.193. The highest BCUT2D eigenvalue weighted by atomic mass is 28.4. The Morgan fingerprint density at radius 2 is 2.00 bits per heavy atom. The van der Waals surface area contributed by atoms with Gasteiger partial charge in [-0.2, -0.15) is 0 Å². The third-order valence-corrected chi connectivity index (χ3v) is 9.42. The Morgan fingerprint density at radius 3 is 2.64 bits per heavy atom. The number of aromatic nitrogens is 1. The Morgan fingerprint density at radius 1 is 1.28 bits per heavy atom. The van der Waals surface area contributed by atoms with Crippen LogP contribution in [-0.2, 0) is 15.7 Å². The zero-order chi connectivity index (χ0) is 18.7. The molecule has 0 radical (unpaired) electrons. The molecule has 0 saturated carbocycles. The van der Waals surface area contributed by atoms with E-state index in [4.69, 9.17) is 13.6 Å². The molecule has 138 valence electrons. The Bertz CT molecular complexity index is 796. The standard InChI is InChI=1S/C19H29NO4Si/c1-19(2,3)25(5,6)23-12-7-11-20-16-9-8-15(10-13-22-4)14-17(16)24-18(20)21/h8-10,13-14H,7,11-12H2,1-6H3/b13-10+. The fourth-order valence-corrected chi connectivity index (χ4v) is 3.40. The van der Waals surface area contributed by atoms with Crippen LogP contribution in [0.1, 0.15) is 32.8 Å². The molecule has 1 aromatic heterocycles. The molecular formula is C19H29NO4Si. The summed E-state index contributed by atoms with van der Waals surface area (Å²) in [4.78, 5) is 12.1. The van der Waals surface area contributed by atoms with Gasteiger partial charge in [0.2, 0.25) is 0 Å². The lowest BCUT2D eigenvalue weighted by Gasteiger charge is -2.36. The van der Waals surface area contributed by atoms with Crippen LogP contribution in [0.5, 0.6) is 0 Å². The lowest BCUT2D eigenvalue weighted by molar-refractivity contribution is 0.274. The van der Waals surface area contributed by atoms with E-state index >= 15 is 0 Å². The fourth-order valence-electron chi connectivity index (χ4n) is 2.31. The number of methoxy groups -OCH3 is 1. The van der Waals surface area contributed by atoms with E-state index in [1.165, 1.54) is 0 Å². The van der Waals surface area contributed by atoms with Crippen molar-refractivity contribution in [2.24, 2.45) is 0 Å². The molecule has 5 nitrogen and oxygen atoms in total. The van der Waals surface area contributed by atoms with Gasteiger partial charge in [0, 0.05) is 13.2 Å². The van der Waals surface area contributed by atoms with Crippen LogP contribution in [0, 0.1) is 0 Å². The average Bonchev–Trinajstić information content (AvgIpc) is 2.83. The smallest absolute Gasteiger partial charge is 0.419 e. The quantitative estimate of drug-likeness (QED) is 0.409. The Balaban J connectivity index is 2.05. The lowest BCUT2D eigenvalue weighted by atomic mass is 10.2. The minimum atomic E-state index is -1.74. The van der Waals surface area contributed by atoms with Gasteiger partial charge in [-0.1, -0.05) is 26.8 Å². The van der Waals surface area contributed by atoms with E-state index in [0.29, 0.717) is 18.7 Å². The molecule has 0 atom stereocenters. The molecule has 0 aliphatic rings. The van der Waals surface area contributed by atoms with Gasteiger partial charge < -0.3 is 13.6 Å². The Kier molecular flexibility index (Phi) is 5.95. The van der Waals surface area contributed by atoms with Crippen molar-refractivity contribution >= 4 is 25.5 Å². The second-order valence-electron chi connectivity index (χ2n) is 7.75. The number of rotatable bonds is 7. The first-order valence-electron chi connectivity index (χ1n) is 8.62. The molecule has 0 unspecified atom stereocenters. The highest BCUT2D eigenvalue weighted by Crippen LogP contribution is 2.36. The van der Waals surface area contributed by atoms with E-state index < -0.39 is 8.32 Å². The highest BCUT2D eigenvalue weighted by molar-refractivity contribution is 6.74. The van der Waals surface area contributed by atoms with Crippen LogP contribution >= 0.6 is 0 Å². The second kappa shape index (κ2) is 7.62. The number of nitrogens with zero attached hydrogens (tertiary/aromatic N) is 1. The van der Waals surface area contributed by atoms with Crippen molar-refractivity contribution in [1.82, 2.24) is 4.57 Å². The van der Waals surface area contributed by atoms with Crippen molar-refractivity contribution in [2.75, 3.05) is 13.7 Å². The largest absolute Gasteiger partial charge is 0.504 e. The molecule has 6 heteroatoms. The summed E-state index contributed by atoms with van der Waals surface area (Å²) in [5.41, 5.74) is 2.33. The first-order valence-corrected chi connectivity index (χ1v) is 11.5. The van der Waals surface area contributed by atoms with Gasteiger partial charge >= 0.3 is 5.76 Å². The maximum atomic E-state index is 12.1. The maximum Gasteiger partial charge on any atom is 0.419 e. The number of hydrogen-bond donors (Lipinski definition) is 0. The molecule has 1 heterocycles. The molecule has 0 amide bonds. The fraction of sp³-hybridized carbons (Fsp3) is 0.526. The van der Waals surface area contributed by atoms with E-state index in [9.17, 15) is 4.79 Å². The van der Waals surface area contributed by atoms with Gasteiger partial charge in [-0.15, -0.1) is 0 Å². The molecule has 0 bridgehead atoms. The molecule has 0 N–H and O–H groups in total. The highest BCUT2D eigenvalue weighted by Gasteiger charge is 2.36. The van der Waals surface area contributed by atoms with Crippen LogP contribution < -0.4 is 5.76 Å². The van der Waals surface area contributed by atoms with Crippen LogP contribution in [-0.4, -0.2) is 26.6 Å². The van der Waals surface area contributed by atoms with Gasteiger partial charge in [-0.3, -0.25) is 4.57 Å². The number of oxazole rings is 1. The minimum absolute atomic E-state index is 0.193. The Labute approximate surface area is 150 Å². The molecule has 0 aliphatic carbocycles. The minimum Gasteiger partial charge on any atom is -0.504 e. The predicted octanol–water partition coefficient (Wildman–Crippen LogP) is 4.62. The van der Waals surface area contributed by atoms with Gasteiger partial charge in [0.05, 0.1) is 18.9 Å². The number of aryl methyl sites for hydroxylation is 1. The van der Waals surface area contributed by atoms with Crippen molar-refractivity contribution in [3.05, 3.63) is 40.6 Å². The van der Waals surface area contributed by atoms with Gasteiger partial charge in [0.15, 0.2) is 13.9 Å². The molecule has 25 heavy (non-hydrogen) atoms. The molecule has 0 fully saturated rings. The zero-order valence-electron chi connectivity index (χ0n) is 16.1. The molecule has 1 aromatic carbocycles. The third-order valence-electron chi connectivity index (χ3n) is 4.88. The van der Waals surface area contributed by atoms with Crippen molar-refractivity contribution in [3.8, 4) is 0 Å². The molecule has 0 aliphatic heterocycles. The zero-order valence-corrected chi connectivity index (χ0v) is 17.1. The van der Waals surface area contributed by atoms with Crippen LogP contribution in [0.4, 0.5) is 0 Å². The maximum absolute atomic E-state index is 12.1. The van der Waals surface area contributed by atoms with Crippen LogP contribution in [0.3, 0.4) is 0 Å². The number of ether oxygens (including phenoxy) is 1. The van der Waals surface area contributed by atoms with E-state index in [1.807, 2.05) is 24.3 Å². The Hall–Kier alpha value is -1.79. The summed E-state index contributed by atoms with van der Waals surface area (Å²) < 4.78 is 18.1. The number of fused-ring (bicyclic) bond motifs is 1. The monoisotopic (exact) mass is 363 g/mol. The summed E-state index contributed by atoms with van der Waals surface area (Å²) in [6.45, 7) is 12.4. The second-order valence-corrected chi connectivity index (χ2v) is 12.6. The van der Waals surface area contributed by atoms with Crippen molar-refractivity contribution < 1.29 is 13.6 Å². The first kappa shape index (κ1) is 19.5. The molecular weight excluding hydrogens is 334 g/mol. The van der Waals surface area contributed by atoms with E-state index in [1.54, 1.807) is 17.9 Å². The first-order chi connectivity index (χ1) is 11.7. The molecule has 0 spiro atoms. The SMILES string of the molecule is CO/C=C/c1ccc2c(c1)oc(=O)n2CCCO[Si](C)(C)C(C)(C)C. The summed E-state index contributed by atoms with van der Waals surface area (Å²) in [6, 6.07) is 5.69. The normalized spacial score (nSPS) is 13.0. The number of benzene rings is 1. The van der Waals surface area contributed by atoms with E-state index in [2.05, 4.69) is 33.9 Å². The van der Waals surface area contributed by atoms with Crippen molar-refractivity contribution in [1.29, 1.82) is 0 Å². The van der Waals surface area contributed by atoms with Crippen LogP contribution in [0.25, 0.3) is 17.2 Å². The molecule has 2 rings (SSSR count). The topological polar surface area (TPSA) is 53.6 Å².